The number of nitrogens with zero attached hydrogens (tertiary/aromatic N) is 1. The van der Waals surface area contributed by atoms with Crippen molar-refractivity contribution in [3.63, 3.8) is 0 Å². The number of hydrogen-bond acceptors (Lipinski definition) is 2. The Kier molecular flexibility index (Phi) is 5.17. The predicted octanol–water partition coefficient (Wildman–Crippen LogP) is 3.16. The highest BCUT2D eigenvalue weighted by molar-refractivity contribution is 5.48. The zero-order valence-corrected chi connectivity index (χ0v) is 12.2. The summed E-state index contributed by atoms with van der Waals surface area (Å²) < 4.78 is 0. The van der Waals surface area contributed by atoms with Crippen molar-refractivity contribution in [2.24, 2.45) is 0 Å². The van der Waals surface area contributed by atoms with Crippen molar-refractivity contribution in [2.45, 2.75) is 31.2 Å². The van der Waals surface area contributed by atoms with Gasteiger partial charge in [-0.15, -0.1) is 0 Å². The van der Waals surface area contributed by atoms with E-state index < -0.39 is 0 Å². The van der Waals surface area contributed by atoms with Crippen LogP contribution in [0.1, 0.15) is 31.2 Å². The van der Waals surface area contributed by atoms with E-state index in [1.165, 1.54) is 31.2 Å². The summed E-state index contributed by atoms with van der Waals surface area (Å²) in [4.78, 5) is 2.41. The summed E-state index contributed by atoms with van der Waals surface area (Å²) in [6, 6.07) is 10.5. The van der Waals surface area contributed by atoms with E-state index in [1.54, 1.807) is 0 Å². The van der Waals surface area contributed by atoms with Gasteiger partial charge in [-0.25, -0.2) is 0 Å². The molecule has 0 radical (unpaired) electrons. The van der Waals surface area contributed by atoms with Gasteiger partial charge in [0.25, 0.3) is 0 Å². The summed E-state index contributed by atoms with van der Waals surface area (Å²) in [7, 11) is 4.43. The van der Waals surface area contributed by atoms with Crippen LogP contribution in [0.5, 0.6) is 0 Å². The molecule has 2 heteroatoms. The number of benzene rings is 1. The summed E-state index contributed by atoms with van der Waals surface area (Å²) in [6.07, 6.45) is 9.81. The van der Waals surface area contributed by atoms with Crippen molar-refractivity contribution in [2.75, 3.05) is 27.2 Å². The van der Waals surface area contributed by atoms with E-state index in [-0.39, 0.29) is 0 Å². The standard InChI is InChI=1S/C17H26N2/c1-19(2)17(12-6-7-13-17)15-18-14-8-11-16-9-4-3-5-10-16/h3-5,8-11,18H,6-7,12-15H2,1-2H3/b11-8+. The summed E-state index contributed by atoms with van der Waals surface area (Å²) in [5.74, 6) is 0. The largest absolute Gasteiger partial charge is 0.311 e. The molecule has 1 N–H and O–H groups in total. The topological polar surface area (TPSA) is 15.3 Å². The van der Waals surface area contributed by atoms with Gasteiger partial charge >= 0.3 is 0 Å². The molecule has 104 valence electrons. The van der Waals surface area contributed by atoms with E-state index in [1.807, 2.05) is 0 Å². The third-order valence-corrected chi connectivity index (χ3v) is 4.31. The maximum Gasteiger partial charge on any atom is 0.0328 e. The monoisotopic (exact) mass is 258 g/mol. The van der Waals surface area contributed by atoms with Crippen LogP contribution >= 0.6 is 0 Å². The van der Waals surface area contributed by atoms with E-state index >= 15 is 0 Å². The van der Waals surface area contributed by atoms with Crippen molar-refractivity contribution in [1.82, 2.24) is 10.2 Å². The highest BCUT2D eigenvalue weighted by Gasteiger charge is 2.35. The third kappa shape index (κ3) is 3.92. The van der Waals surface area contributed by atoms with Crippen molar-refractivity contribution >= 4 is 6.08 Å². The Balaban J connectivity index is 1.76. The fraction of sp³-hybridized carbons (Fsp3) is 0.529. The molecule has 0 bridgehead atoms. The molecule has 0 amide bonds. The fourth-order valence-electron chi connectivity index (χ4n) is 2.96. The maximum atomic E-state index is 3.59. The van der Waals surface area contributed by atoms with Gasteiger partial charge in [-0.1, -0.05) is 55.3 Å². The molecule has 1 fully saturated rings. The van der Waals surface area contributed by atoms with Gasteiger partial charge < -0.3 is 10.2 Å². The molecule has 1 aromatic carbocycles. The second-order valence-electron chi connectivity index (χ2n) is 5.77. The predicted molar refractivity (Wildman–Crippen MR) is 83.2 cm³/mol. The van der Waals surface area contributed by atoms with E-state index in [4.69, 9.17) is 0 Å². The number of rotatable bonds is 6. The van der Waals surface area contributed by atoms with E-state index in [9.17, 15) is 0 Å². The molecule has 0 atom stereocenters. The zero-order valence-electron chi connectivity index (χ0n) is 12.2. The lowest BCUT2D eigenvalue weighted by Crippen LogP contribution is -2.49. The van der Waals surface area contributed by atoms with Crippen LogP contribution in [0.25, 0.3) is 6.08 Å². The molecule has 1 aromatic rings. The van der Waals surface area contributed by atoms with Gasteiger partial charge in [0.1, 0.15) is 0 Å². The average molecular weight is 258 g/mol. The highest BCUT2D eigenvalue weighted by atomic mass is 15.2. The Bertz CT molecular complexity index is 389. The van der Waals surface area contributed by atoms with Gasteiger partial charge in [0.2, 0.25) is 0 Å². The minimum atomic E-state index is 0.389. The lowest BCUT2D eigenvalue weighted by atomic mass is 9.96. The van der Waals surface area contributed by atoms with Crippen LogP contribution < -0.4 is 5.32 Å². The van der Waals surface area contributed by atoms with Gasteiger partial charge in [0, 0.05) is 18.6 Å². The normalized spacial score (nSPS) is 18.5. The Hall–Kier alpha value is -1.12. The van der Waals surface area contributed by atoms with Gasteiger partial charge in [-0.3, -0.25) is 0 Å². The van der Waals surface area contributed by atoms with Crippen molar-refractivity contribution in [3.8, 4) is 0 Å². The molecule has 0 saturated heterocycles. The maximum absolute atomic E-state index is 3.59. The van der Waals surface area contributed by atoms with Crippen molar-refractivity contribution in [3.05, 3.63) is 42.0 Å². The second-order valence-corrected chi connectivity index (χ2v) is 5.77. The lowest BCUT2D eigenvalue weighted by molar-refractivity contribution is 0.155. The molecule has 0 aromatic heterocycles. The van der Waals surface area contributed by atoms with E-state index in [0.717, 1.165) is 13.1 Å². The van der Waals surface area contributed by atoms with Gasteiger partial charge in [-0.05, 0) is 32.5 Å². The first kappa shape index (κ1) is 14.3. The molecule has 1 saturated carbocycles. The molecule has 0 unspecified atom stereocenters. The molecule has 1 aliphatic carbocycles. The van der Waals surface area contributed by atoms with Crippen LogP contribution in [0.3, 0.4) is 0 Å². The van der Waals surface area contributed by atoms with Crippen LogP contribution in [-0.2, 0) is 0 Å². The molecular formula is C17H26N2. The number of nitrogens with one attached hydrogen (secondary N) is 1. The molecule has 2 nitrogen and oxygen atoms in total. The molecule has 0 aliphatic heterocycles. The Morgan fingerprint density at radius 1 is 1.16 bits per heavy atom. The van der Waals surface area contributed by atoms with Crippen molar-refractivity contribution < 1.29 is 0 Å². The Labute approximate surface area is 117 Å². The van der Waals surface area contributed by atoms with Gasteiger partial charge in [-0.2, -0.15) is 0 Å². The van der Waals surface area contributed by atoms with Crippen LogP contribution in [0.15, 0.2) is 36.4 Å². The fourth-order valence-corrected chi connectivity index (χ4v) is 2.96. The molecule has 2 rings (SSSR count). The van der Waals surface area contributed by atoms with Gasteiger partial charge in [0.05, 0.1) is 0 Å². The first-order valence-corrected chi connectivity index (χ1v) is 7.33. The lowest BCUT2D eigenvalue weighted by Gasteiger charge is -2.36. The number of likely N-dealkylation sites (N-methyl/N-ethyl adjacent to an activating group) is 1. The smallest absolute Gasteiger partial charge is 0.0328 e. The Morgan fingerprint density at radius 2 is 1.84 bits per heavy atom. The first-order chi connectivity index (χ1) is 9.23. The molecular weight excluding hydrogens is 232 g/mol. The van der Waals surface area contributed by atoms with Crippen LogP contribution in [0.2, 0.25) is 0 Å². The molecule has 1 aliphatic rings. The summed E-state index contributed by atoms with van der Waals surface area (Å²) in [6.45, 7) is 2.05. The van der Waals surface area contributed by atoms with Gasteiger partial charge in [0.15, 0.2) is 0 Å². The van der Waals surface area contributed by atoms with Crippen molar-refractivity contribution in [1.29, 1.82) is 0 Å². The Morgan fingerprint density at radius 3 is 2.47 bits per heavy atom. The molecule has 19 heavy (non-hydrogen) atoms. The minimum absolute atomic E-state index is 0.389. The average Bonchev–Trinajstić information content (AvgIpc) is 2.90. The summed E-state index contributed by atoms with van der Waals surface area (Å²) in [5.41, 5.74) is 1.66. The summed E-state index contributed by atoms with van der Waals surface area (Å²) >= 11 is 0. The highest BCUT2D eigenvalue weighted by Crippen LogP contribution is 2.32. The SMILES string of the molecule is CN(C)C1(CNC/C=C/c2ccccc2)CCCC1. The quantitative estimate of drug-likeness (QED) is 0.789. The number of hydrogen-bond donors (Lipinski definition) is 1. The van der Waals surface area contributed by atoms with Crippen LogP contribution in [0.4, 0.5) is 0 Å². The minimum Gasteiger partial charge on any atom is -0.311 e. The third-order valence-electron chi connectivity index (χ3n) is 4.31. The van der Waals surface area contributed by atoms with Crippen LogP contribution in [-0.4, -0.2) is 37.6 Å². The van der Waals surface area contributed by atoms with E-state index in [2.05, 4.69) is 66.8 Å². The zero-order chi connectivity index (χ0) is 13.6. The van der Waals surface area contributed by atoms with Crippen LogP contribution in [0, 0.1) is 0 Å². The van der Waals surface area contributed by atoms with E-state index in [0.29, 0.717) is 5.54 Å². The first-order valence-electron chi connectivity index (χ1n) is 7.33. The summed E-state index contributed by atoms with van der Waals surface area (Å²) in [5, 5.41) is 3.59. The molecule has 0 heterocycles. The second kappa shape index (κ2) is 6.88. The molecule has 0 spiro atoms.